The summed E-state index contributed by atoms with van der Waals surface area (Å²) in [5.74, 6) is 0.834. The lowest BCUT2D eigenvalue weighted by Gasteiger charge is -2.15. The molecule has 0 radical (unpaired) electrons. The molecule has 0 saturated heterocycles. The maximum atomic E-state index is 5.59. The fourth-order valence-electron chi connectivity index (χ4n) is 1.87. The minimum Gasteiger partial charge on any atom is -0.491 e. The van der Waals surface area contributed by atoms with Crippen molar-refractivity contribution in [1.29, 1.82) is 0 Å². The van der Waals surface area contributed by atoms with Crippen molar-refractivity contribution >= 4 is 5.69 Å². The van der Waals surface area contributed by atoms with Gasteiger partial charge in [0.15, 0.2) is 0 Å². The van der Waals surface area contributed by atoms with Crippen LogP contribution in [0.4, 0.5) is 5.69 Å². The standard InChI is InChI=1S/C16H20N2O2/c1-13(16-8-3-4-9-17-16)18-14-6-5-7-15(12-14)20-11-10-19-2/h3-9,12-13,18H,10-11H2,1-2H3. The molecule has 0 spiro atoms. The van der Waals surface area contributed by atoms with Crippen LogP contribution in [-0.2, 0) is 4.74 Å². The fourth-order valence-corrected chi connectivity index (χ4v) is 1.87. The first-order chi connectivity index (χ1) is 9.79. The zero-order chi connectivity index (χ0) is 14.2. The predicted octanol–water partition coefficient (Wildman–Crippen LogP) is 3.28. The first kappa shape index (κ1) is 14.3. The average molecular weight is 272 g/mol. The quantitative estimate of drug-likeness (QED) is 0.786. The summed E-state index contributed by atoms with van der Waals surface area (Å²) in [6.07, 6.45) is 1.80. The van der Waals surface area contributed by atoms with Gasteiger partial charge in [0.05, 0.1) is 18.3 Å². The van der Waals surface area contributed by atoms with Gasteiger partial charge >= 0.3 is 0 Å². The van der Waals surface area contributed by atoms with Crippen LogP contribution in [-0.4, -0.2) is 25.3 Å². The molecule has 2 rings (SSSR count). The molecule has 0 bridgehead atoms. The van der Waals surface area contributed by atoms with E-state index in [1.54, 1.807) is 13.3 Å². The van der Waals surface area contributed by atoms with E-state index in [9.17, 15) is 0 Å². The van der Waals surface area contributed by atoms with Crippen molar-refractivity contribution in [3.8, 4) is 5.75 Å². The highest BCUT2D eigenvalue weighted by molar-refractivity contribution is 5.49. The minimum atomic E-state index is 0.144. The van der Waals surface area contributed by atoms with Crippen molar-refractivity contribution in [2.45, 2.75) is 13.0 Å². The zero-order valence-electron chi connectivity index (χ0n) is 11.9. The van der Waals surface area contributed by atoms with Crippen molar-refractivity contribution < 1.29 is 9.47 Å². The summed E-state index contributed by atoms with van der Waals surface area (Å²) in [6.45, 7) is 3.22. The van der Waals surface area contributed by atoms with E-state index in [0.717, 1.165) is 17.1 Å². The minimum absolute atomic E-state index is 0.144. The van der Waals surface area contributed by atoms with E-state index < -0.39 is 0 Å². The van der Waals surface area contributed by atoms with Crippen LogP contribution in [0.5, 0.6) is 5.75 Å². The van der Waals surface area contributed by atoms with E-state index in [1.165, 1.54) is 0 Å². The summed E-state index contributed by atoms with van der Waals surface area (Å²) in [5.41, 5.74) is 2.02. The average Bonchev–Trinajstić information content (AvgIpc) is 2.49. The number of ether oxygens (including phenoxy) is 2. The van der Waals surface area contributed by atoms with Crippen molar-refractivity contribution in [2.75, 3.05) is 25.6 Å². The fraction of sp³-hybridized carbons (Fsp3) is 0.312. The van der Waals surface area contributed by atoms with Gasteiger partial charge in [0.25, 0.3) is 0 Å². The maximum absolute atomic E-state index is 5.59. The Balaban J connectivity index is 1.97. The molecule has 0 saturated carbocycles. The third kappa shape index (κ3) is 4.24. The first-order valence-corrected chi connectivity index (χ1v) is 6.69. The van der Waals surface area contributed by atoms with Gasteiger partial charge in [-0.3, -0.25) is 4.98 Å². The number of nitrogens with zero attached hydrogens (tertiary/aromatic N) is 1. The van der Waals surface area contributed by atoms with Gasteiger partial charge in [-0.1, -0.05) is 12.1 Å². The molecule has 1 N–H and O–H groups in total. The molecular weight excluding hydrogens is 252 g/mol. The van der Waals surface area contributed by atoms with Crippen LogP contribution in [0.3, 0.4) is 0 Å². The second kappa shape index (κ2) is 7.50. The summed E-state index contributed by atoms with van der Waals surface area (Å²) in [7, 11) is 1.66. The first-order valence-electron chi connectivity index (χ1n) is 6.69. The lowest BCUT2D eigenvalue weighted by atomic mass is 10.2. The van der Waals surface area contributed by atoms with Crippen LogP contribution in [0.25, 0.3) is 0 Å². The molecule has 0 aliphatic rings. The number of anilines is 1. The number of methoxy groups -OCH3 is 1. The van der Waals surface area contributed by atoms with E-state index in [4.69, 9.17) is 9.47 Å². The summed E-state index contributed by atoms with van der Waals surface area (Å²) in [6, 6.07) is 14.0. The second-order valence-corrected chi connectivity index (χ2v) is 4.49. The number of aromatic nitrogens is 1. The number of hydrogen-bond donors (Lipinski definition) is 1. The topological polar surface area (TPSA) is 43.4 Å². The van der Waals surface area contributed by atoms with E-state index >= 15 is 0 Å². The Kier molecular flexibility index (Phi) is 5.38. The lowest BCUT2D eigenvalue weighted by Crippen LogP contribution is -2.08. The summed E-state index contributed by atoms with van der Waals surface area (Å²) >= 11 is 0. The van der Waals surface area contributed by atoms with Crippen LogP contribution in [0, 0.1) is 0 Å². The van der Waals surface area contributed by atoms with Crippen molar-refractivity contribution in [2.24, 2.45) is 0 Å². The van der Waals surface area contributed by atoms with Gasteiger partial charge < -0.3 is 14.8 Å². The largest absolute Gasteiger partial charge is 0.491 e. The Hall–Kier alpha value is -2.07. The Morgan fingerprint density at radius 3 is 2.80 bits per heavy atom. The smallest absolute Gasteiger partial charge is 0.121 e. The van der Waals surface area contributed by atoms with Gasteiger partial charge in [-0.15, -0.1) is 0 Å². The molecule has 1 atom stereocenters. The SMILES string of the molecule is COCCOc1cccc(NC(C)c2ccccn2)c1. The molecule has 20 heavy (non-hydrogen) atoms. The third-order valence-electron chi connectivity index (χ3n) is 2.90. The van der Waals surface area contributed by atoms with Crippen molar-refractivity contribution in [1.82, 2.24) is 4.98 Å². The Labute approximate surface area is 119 Å². The van der Waals surface area contributed by atoms with Crippen LogP contribution in [0.2, 0.25) is 0 Å². The zero-order valence-corrected chi connectivity index (χ0v) is 11.9. The summed E-state index contributed by atoms with van der Waals surface area (Å²) in [5, 5.41) is 3.42. The molecule has 1 aromatic carbocycles. The van der Waals surface area contributed by atoms with E-state index in [-0.39, 0.29) is 6.04 Å². The number of hydrogen-bond acceptors (Lipinski definition) is 4. The maximum Gasteiger partial charge on any atom is 0.121 e. The molecule has 1 aromatic heterocycles. The molecular formula is C16H20N2O2. The van der Waals surface area contributed by atoms with Crippen LogP contribution in [0.1, 0.15) is 18.7 Å². The Morgan fingerprint density at radius 1 is 1.15 bits per heavy atom. The van der Waals surface area contributed by atoms with Crippen molar-refractivity contribution in [3.63, 3.8) is 0 Å². The highest BCUT2D eigenvalue weighted by atomic mass is 16.5. The van der Waals surface area contributed by atoms with Gasteiger partial charge in [-0.25, -0.2) is 0 Å². The van der Waals surface area contributed by atoms with Gasteiger partial charge in [-0.05, 0) is 31.2 Å². The molecule has 106 valence electrons. The van der Waals surface area contributed by atoms with Gasteiger partial charge in [0, 0.05) is 25.1 Å². The van der Waals surface area contributed by atoms with Crippen LogP contribution in [0.15, 0.2) is 48.7 Å². The van der Waals surface area contributed by atoms with Gasteiger partial charge in [-0.2, -0.15) is 0 Å². The summed E-state index contributed by atoms with van der Waals surface area (Å²) < 4.78 is 10.6. The monoisotopic (exact) mass is 272 g/mol. The number of benzene rings is 1. The highest BCUT2D eigenvalue weighted by Crippen LogP contribution is 2.21. The molecule has 0 fully saturated rings. The molecule has 2 aromatic rings. The molecule has 1 heterocycles. The predicted molar refractivity (Wildman–Crippen MR) is 80.1 cm³/mol. The van der Waals surface area contributed by atoms with Gasteiger partial charge in [0.2, 0.25) is 0 Å². The van der Waals surface area contributed by atoms with Crippen LogP contribution >= 0.6 is 0 Å². The highest BCUT2D eigenvalue weighted by Gasteiger charge is 2.06. The molecule has 0 aliphatic heterocycles. The second-order valence-electron chi connectivity index (χ2n) is 4.49. The van der Waals surface area contributed by atoms with E-state index in [0.29, 0.717) is 13.2 Å². The van der Waals surface area contributed by atoms with E-state index in [1.807, 2.05) is 42.5 Å². The normalized spacial score (nSPS) is 11.9. The number of nitrogens with one attached hydrogen (secondary N) is 1. The number of rotatable bonds is 7. The third-order valence-corrected chi connectivity index (χ3v) is 2.90. The molecule has 0 amide bonds. The van der Waals surface area contributed by atoms with Crippen LogP contribution < -0.4 is 10.1 Å². The summed E-state index contributed by atoms with van der Waals surface area (Å²) in [4.78, 5) is 4.35. The van der Waals surface area contributed by atoms with Crippen molar-refractivity contribution in [3.05, 3.63) is 54.4 Å². The molecule has 1 unspecified atom stereocenters. The molecule has 4 nitrogen and oxygen atoms in total. The Morgan fingerprint density at radius 2 is 2.05 bits per heavy atom. The Bertz CT molecular complexity index is 517. The van der Waals surface area contributed by atoms with Gasteiger partial charge in [0.1, 0.15) is 12.4 Å². The molecule has 0 aliphatic carbocycles. The number of pyridine rings is 1. The van der Waals surface area contributed by atoms with E-state index in [2.05, 4.69) is 17.2 Å². The molecule has 4 heteroatoms. The lowest BCUT2D eigenvalue weighted by molar-refractivity contribution is 0.146.